The van der Waals surface area contributed by atoms with Crippen molar-refractivity contribution in [3.05, 3.63) is 71.0 Å². The van der Waals surface area contributed by atoms with Crippen LogP contribution in [-0.2, 0) is 0 Å². The third kappa shape index (κ3) is 3.01. The molecule has 0 radical (unpaired) electrons. The molecule has 0 amide bonds. The zero-order valence-corrected chi connectivity index (χ0v) is 15.3. The van der Waals surface area contributed by atoms with Crippen LogP contribution in [0.3, 0.4) is 0 Å². The molecule has 0 saturated carbocycles. The first kappa shape index (κ1) is 16.5. The van der Waals surface area contributed by atoms with E-state index in [1.165, 1.54) is 27.9 Å². The monoisotopic (exact) mass is 318 g/mol. The van der Waals surface area contributed by atoms with Crippen LogP contribution in [0.4, 0.5) is 0 Å². The fraction of sp³-hybridized carbons (Fsp3) is 0.318. The highest BCUT2D eigenvalue weighted by atomic mass is 15.1. The van der Waals surface area contributed by atoms with Gasteiger partial charge in [0, 0.05) is 18.0 Å². The molecule has 0 N–H and O–H groups in total. The minimum absolute atomic E-state index is 0.598. The molecule has 0 fully saturated rings. The van der Waals surface area contributed by atoms with Crippen LogP contribution in [0.2, 0.25) is 0 Å². The molecular weight excluding hydrogens is 292 g/mol. The van der Waals surface area contributed by atoms with Gasteiger partial charge >= 0.3 is 0 Å². The number of hydrogen-bond acceptors (Lipinski definition) is 1. The van der Waals surface area contributed by atoms with Crippen LogP contribution in [0.5, 0.6) is 0 Å². The third-order valence-corrected chi connectivity index (χ3v) is 4.87. The third-order valence-electron chi connectivity index (χ3n) is 4.87. The van der Waals surface area contributed by atoms with Crippen LogP contribution in [-0.4, -0.2) is 9.55 Å². The minimum atomic E-state index is 0.598. The van der Waals surface area contributed by atoms with Crippen LogP contribution in [0.25, 0.3) is 17.1 Å². The summed E-state index contributed by atoms with van der Waals surface area (Å²) in [5.74, 6) is 1.60. The van der Waals surface area contributed by atoms with Crippen molar-refractivity contribution in [2.24, 2.45) is 0 Å². The molecule has 3 rings (SSSR count). The van der Waals surface area contributed by atoms with Crippen molar-refractivity contribution in [2.45, 2.75) is 47.0 Å². The lowest BCUT2D eigenvalue weighted by molar-refractivity contribution is 0.734. The van der Waals surface area contributed by atoms with E-state index in [1.54, 1.807) is 0 Å². The summed E-state index contributed by atoms with van der Waals surface area (Å²) in [6.07, 6.45) is 5.11. The maximum absolute atomic E-state index is 4.63. The Bertz CT molecular complexity index is 818. The van der Waals surface area contributed by atoms with Gasteiger partial charge in [-0.05, 0) is 49.8 Å². The lowest BCUT2D eigenvalue weighted by atomic mass is 9.97. The molecule has 0 aliphatic heterocycles. The van der Waals surface area contributed by atoms with Gasteiger partial charge in [0.1, 0.15) is 5.82 Å². The lowest BCUT2D eigenvalue weighted by Gasteiger charge is -2.15. The Kier molecular flexibility index (Phi) is 4.57. The van der Waals surface area contributed by atoms with Crippen LogP contribution in [0.15, 0.2) is 48.8 Å². The van der Waals surface area contributed by atoms with E-state index in [0.717, 1.165) is 17.8 Å². The highest BCUT2D eigenvalue weighted by molar-refractivity contribution is 5.62. The van der Waals surface area contributed by atoms with Crippen molar-refractivity contribution in [1.82, 2.24) is 9.55 Å². The van der Waals surface area contributed by atoms with Crippen molar-refractivity contribution in [3.8, 4) is 17.1 Å². The quantitative estimate of drug-likeness (QED) is 0.578. The van der Waals surface area contributed by atoms with E-state index in [0.29, 0.717) is 5.92 Å². The van der Waals surface area contributed by atoms with Crippen molar-refractivity contribution in [3.63, 3.8) is 0 Å². The first-order chi connectivity index (χ1) is 11.5. The van der Waals surface area contributed by atoms with Gasteiger partial charge in [-0.3, -0.25) is 4.57 Å². The lowest BCUT2D eigenvalue weighted by Crippen LogP contribution is -2.02. The summed E-state index contributed by atoms with van der Waals surface area (Å²) in [4.78, 5) is 4.63. The Hall–Kier alpha value is -2.35. The van der Waals surface area contributed by atoms with E-state index >= 15 is 0 Å². The van der Waals surface area contributed by atoms with Crippen molar-refractivity contribution in [1.29, 1.82) is 0 Å². The molecule has 0 aliphatic rings. The van der Waals surface area contributed by atoms with Crippen LogP contribution in [0, 0.1) is 20.8 Å². The van der Waals surface area contributed by atoms with Gasteiger partial charge in [0.15, 0.2) is 0 Å². The zero-order chi connectivity index (χ0) is 17.3. The summed E-state index contributed by atoms with van der Waals surface area (Å²) in [6.45, 7) is 11.0. The molecule has 2 nitrogen and oxygen atoms in total. The molecule has 1 atom stereocenters. The van der Waals surface area contributed by atoms with Gasteiger partial charge in [0.25, 0.3) is 0 Å². The number of rotatable bonds is 4. The zero-order valence-electron chi connectivity index (χ0n) is 15.3. The second-order valence-corrected chi connectivity index (χ2v) is 6.80. The van der Waals surface area contributed by atoms with Crippen molar-refractivity contribution < 1.29 is 0 Å². The number of nitrogens with zero attached hydrogens (tertiary/aromatic N) is 2. The van der Waals surface area contributed by atoms with Gasteiger partial charge in [-0.25, -0.2) is 4.98 Å². The average molecular weight is 318 g/mol. The summed E-state index contributed by atoms with van der Waals surface area (Å²) < 4.78 is 2.21. The molecule has 2 heteroatoms. The first-order valence-electron chi connectivity index (χ1n) is 8.73. The van der Waals surface area contributed by atoms with Gasteiger partial charge in [-0.1, -0.05) is 55.8 Å². The Morgan fingerprint density at radius 1 is 1.00 bits per heavy atom. The Labute approximate surface area is 145 Å². The summed E-state index contributed by atoms with van der Waals surface area (Å²) in [6, 6.07) is 13.3. The Morgan fingerprint density at radius 3 is 2.21 bits per heavy atom. The van der Waals surface area contributed by atoms with Crippen LogP contribution < -0.4 is 0 Å². The van der Waals surface area contributed by atoms with E-state index in [2.05, 4.69) is 86.8 Å². The van der Waals surface area contributed by atoms with Crippen LogP contribution in [0.1, 0.15) is 48.4 Å². The standard InChI is InChI=1S/C22H26N2/c1-6-16(3)19-7-9-20(10-8-19)22-23-11-12-24(22)21-17(4)13-15(2)14-18(21)5/h7-14,16H,6H2,1-5H3. The molecule has 0 bridgehead atoms. The number of imidazole rings is 1. The Balaban J connectivity index is 2.06. The first-order valence-corrected chi connectivity index (χ1v) is 8.73. The average Bonchev–Trinajstić information content (AvgIpc) is 3.02. The molecule has 2 aromatic carbocycles. The maximum Gasteiger partial charge on any atom is 0.144 e. The molecule has 0 spiro atoms. The van der Waals surface area contributed by atoms with E-state index in [4.69, 9.17) is 0 Å². The highest BCUT2D eigenvalue weighted by Crippen LogP contribution is 2.28. The summed E-state index contributed by atoms with van der Waals surface area (Å²) >= 11 is 0. The fourth-order valence-corrected chi connectivity index (χ4v) is 3.45. The van der Waals surface area contributed by atoms with Gasteiger partial charge < -0.3 is 0 Å². The molecule has 1 aromatic heterocycles. The predicted octanol–water partition coefficient (Wildman–Crippen LogP) is 5.98. The van der Waals surface area contributed by atoms with E-state index in [9.17, 15) is 0 Å². The molecular formula is C22H26N2. The summed E-state index contributed by atoms with van der Waals surface area (Å²) in [7, 11) is 0. The molecule has 124 valence electrons. The SMILES string of the molecule is CCC(C)c1ccc(-c2nccn2-c2c(C)cc(C)cc2C)cc1. The number of aryl methyl sites for hydroxylation is 3. The molecule has 0 saturated heterocycles. The second-order valence-electron chi connectivity index (χ2n) is 6.80. The normalized spacial score (nSPS) is 12.4. The van der Waals surface area contributed by atoms with Gasteiger partial charge in [0.05, 0.1) is 5.69 Å². The van der Waals surface area contributed by atoms with Crippen LogP contribution >= 0.6 is 0 Å². The molecule has 0 aliphatic carbocycles. The fourth-order valence-electron chi connectivity index (χ4n) is 3.45. The highest BCUT2D eigenvalue weighted by Gasteiger charge is 2.13. The largest absolute Gasteiger partial charge is 0.299 e. The number of hydrogen-bond donors (Lipinski definition) is 0. The predicted molar refractivity (Wildman–Crippen MR) is 102 cm³/mol. The molecule has 24 heavy (non-hydrogen) atoms. The summed E-state index contributed by atoms with van der Waals surface area (Å²) in [5, 5.41) is 0. The maximum atomic E-state index is 4.63. The second kappa shape index (κ2) is 6.64. The topological polar surface area (TPSA) is 17.8 Å². The number of benzene rings is 2. The molecule has 1 heterocycles. The molecule has 1 unspecified atom stereocenters. The van der Waals surface area contributed by atoms with E-state index < -0.39 is 0 Å². The molecule has 3 aromatic rings. The summed E-state index contributed by atoms with van der Waals surface area (Å²) in [5.41, 5.74) is 7.65. The minimum Gasteiger partial charge on any atom is -0.299 e. The van der Waals surface area contributed by atoms with E-state index in [1.807, 2.05) is 6.20 Å². The van der Waals surface area contributed by atoms with Gasteiger partial charge in [-0.2, -0.15) is 0 Å². The Morgan fingerprint density at radius 2 is 1.62 bits per heavy atom. The van der Waals surface area contributed by atoms with Gasteiger partial charge in [0.2, 0.25) is 0 Å². The van der Waals surface area contributed by atoms with E-state index in [-0.39, 0.29) is 0 Å². The van der Waals surface area contributed by atoms with Crippen molar-refractivity contribution >= 4 is 0 Å². The number of aromatic nitrogens is 2. The van der Waals surface area contributed by atoms with Crippen molar-refractivity contribution in [2.75, 3.05) is 0 Å². The smallest absolute Gasteiger partial charge is 0.144 e. The van der Waals surface area contributed by atoms with Gasteiger partial charge in [-0.15, -0.1) is 0 Å².